The van der Waals surface area contributed by atoms with E-state index in [1.54, 1.807) is 18.5 Å². The summed E-state index contributed by atoms with van der Waals surface area (Å²) in [6, 6.07) is 4.72. The minimum absolute atomic E-state index is 0.117. The third kappa shape index (κ3) is 8.30. The highest BCUT2D eigenvalue weighted by Crippen LogP contribution is 2.31. The third-order valence-corrected chi connectivity index (χ3v) is 4.89. The number of nitrogens with two attached hydrogens (primary N) is 1. The number of nitrogens with zero attached hydrogens (tertiary/aromatic N) is 1. The number of nitrogens with one attached hydrogen (secondary N) is 2. The Morgan fingerprint density at radius 3 is 2.66 bits per heavy atom. The van der Waals surface area contributed by atoms with E-state index in [4.69, 9.17) is 5.73 Å². The monoisotopic (exact) mass is 452 g/mol. The van der Waals surface area contributed by atoms with Crippen molar-refractivity contribution in [3.8, 4) is 0 Å². The quantitative estimate of drug-likeness (QED) is 0.328. The Labute approximate surface area is 185 Å². The number of hydrogen-bond donors (Lipinski definition) is 3. The Morgan fingerprint density at radius 1 is 1.22 bits per heavy atom. The van der Waals surface area contributed by atoms with Gasteiger partial charge in [-0.2, -0.15) is 13.2 Å². The molecule has 1 aromatic carbocycles. The number of rotatable bonds is 11. The smallest absolute Gasteiger partial charge is 0.399 e. The first-order chi connectivity index (χ1) is 15.1. The molecule has 1 aromatic heterocycles. The van der Waals surface area contributed by atoms with Crippen LogP contribution in [0.4, 0.5) is 23.2 Å². The van der Waals surface area contributed by atoms with Crippen molar-refractivity contribution in [3.05, 3.63) is 65.7 Å². The van der Waals surface area contributed by atoms with Crippen LogP contribution in [0.25, 0.3) is 5.70 Å². The Bertz CT molecular complexity index is 930. The molecule has 0 saturated carbocycles. The van der Waals surface area contributed by atoms with Crippen LogP contribution in [0.3, 0.4) is 0 Å². The molecule has 9 heteroatoms. The van der Waals surface area contributed by atoms with E-state index >= 15 is 0 Å². The Morgan fingerprint density at radius 2 is 1.97 bits per heavy atom. The van der Waals surface area contributed by atoms with Gasteiger partial charge in [-0.05, 0) is 42.6 Å². The van der Waals surface area contributed by atoms with Gasteiger partial charge in [0, 0.05) is 30.4 Å². The fraction of sp³-hybridized carbons (Fsp3) is 0.391. The number of alkyl halides is 3. The first-order valence-corrected chi connectivity index (χ1v) is 10.3. The van der Waals surface area contributed by atoms with Crippen molar-refractivity contribution in [2.75, 3.05) is 11.9 Å². The lowest BCUT2D eigenvalue weighted by Gasteiger charge is -2.13. The van der Waals surface area contributed by atoms with Crippen molar-refractivity contribution in [1.29, 1.82) is 0 Å². The first kappa shape index (κ1) is 25.3. The van der Waals surface area contributed by atoms with E-state index in [2.05, 4.69) is 22.2 Å². The van der Waals surface area contributed by atoms with Gasteiger partial charge < -0.3 is 16.4 Å². The molecule has 0 aliphatic rings. The van der Waals surface area contributed by atoms with Crippen LogP contribution in [-0.4, -0.2) is 17.4 Å². The summed E-state index contributed by atoms with van der Waals surface area (Å²) in [4.78, 5) is 16.2. The van der Waals surface area contributed by atoms with Crippen molar-refractivity contribution in [1.82, 2.24) is 10.3 Å². The summed E-state index contributed by atoms with van der Waals surface area (Å²) in [6.45, 7) is 6.47. The lowest BCUT2D eigenvalue weighted by atomic mass is 10.00. The maximum Gasteiger partial charge on any atom is 0.419 e. The molecule has 1 unspecified atom stereocenters. The van der Waals surface area contributed by atoms with Crippen LogP contribution >= 0.6 is 0 Å². The fourth-order valence-electron chi connectivity index (χ4n) is 3.19. The average molecular weight is 452 g/mol. The molecule has 1 heterocycles. The molecule has 2 aromatic rings. The van der Waals surface area contributed by atoms with Gasteiger partial charge in [0.1, 0.15) is 5.82 Å². The van der Waals surface area contributed by atoms with Gasteiger partial charge in [-0.25, -0.2) is 4.39 Å². The second-order valence-electron chi connectivity index (χ2n) is 7.83. The van der Waals surface area contributed by atoms with Crippen molar-refractivity contribution >= 4 is 17.3 Å². The maximum atomic E-state index is 13.3. The molecule has 1 atom stereocenters. The molecule has 0 fully saturated rings. The van der Waals surface area contributed by atoms with Gasteiger partial charge in [0.2, 0.25) is 5.91 Å². The molecular formula is C23H28F4N4O. The number of benzene rings is 1. The molecule has 0 bridgehead atoms. The predicted molar refractivity (Wildman–Crippen MR) is 117 cm³/mol. The lowest BCUT2D eigenvalue weighted by Crippen LogP contribution is -2.17. The Hall–Kier alpha value is -2.94. The number of amides is 1. The van der Waals surface area contributed by atoms with Crippen LogP contribution in [0.15, 0.2) is 43.2 Å². The number of carbonyl (C=O) groups is 1. The fourth-order valence-corrected chi connectivity index (χ4v) is 3.19. The lowest BCUT2D eigenvalue weighted by molar-refractivity contribution is -0.140. The number of hydrogen-bond acceptors (Lipinski definition) is 4. The van der Waals surface area contributed by atoms with Crippen molar-refractivity contribution in [2.24, 2.45) is 11.7 Å². The van der Waals surface area contributed by atoms with E-state index < -0.39 is 17.6 Å². The molecule has 0 aliphatic heterocycles. The summed E-state index contributed by atoms with van der Waals surface area (Å²) in [5, 5.41) is 5.87. The van der Waals surface area contributed by atoms with Gasteiger partial charge in [0.05, 0.1) is 17.4 Å². The van der Waals surface area contributed by atoms with Gasteiger partial charge in [-0.3, -0.25) is 9.78 Å². The molecule has 1 amide bonds. The normalized spacial score (nSPS) is 12.4. The molecule has 0 radical (unpaired) electrons. The summed E-state index contributed by atoms with van der Waals surface area (Å²) in [6.07, 6.45) is 1.27. The first-order valence-electron chi connectivity index (χ1n) is 10.3. The molecule has 2 rings (SSSR count). The molecular weight excluding hydrogens is 424 g/mol. The van der Waals surface area contributed by atoms with Gasteiger partial charge in [-0.15, -0.1) is 0 Å². The number of pyridine rings is 1. The number of unbranched alkanes of at least 4 members (excludes halogenated alkanes) is 1. The summed E-state index contributed by atoms with van der Waals surface area (Å²) >= 11 is 0. The van der Waals surface area contributed by atoms with Gasteiger partial charge in [0.25, 0.3) is 0 Å². The second-order valence-corrected chi connectivity index (χ2v) is 7.83. The van der Waals surface area contributed by atoms with Crippen molar-refractivity contribution in [2.45, 2.75) is 45.3 Å². The van der Waals surface area contributed by atoms with E-state index in [-0.39, 0.29) is 18.4 Å². The topological polar surface area (TPSA) is 80.0 Å². The summed E-state index contributed by atoms with van der Waals surface area (Å²) in [5.41, 5.74) is 6.34. The summed E-state index contributed by atoms with van der Waals surface area (Å²) in [7, 11) is 0. The van der Waals surface area contributed by atoms with Crippen LogP contribution in [0.2, 0.25) is 0 Å². The molecule has 0 aliphatic carbocycles. The zero-order valence-corrected chi connectivity index (χ0v) is 17.9. The average Bonchev–Trinajstić information content (AvgIpc) is 2.70. The van der Waals surface area contributed by atoms with E-state index in [0.717, 1.165) is 31.4 Å². The van der Waals surface area contributed by atoms with Crippen LogP contribution in [0, 0.1) is 11.7 Å². The Kier molecular flexibility index (Phi) is 9.19. The van der Waals surface area contributed by atoms with Gasteiger partial charge >= 0.3 is 6.18 Å². The van der Waals surface area contributed by atoms with Crippen LogP contribution in [0.1, 0.15) is 49.3 Å². The zero-order chi connectivity index (χ0) is 23.7. The number of anilines is 1. The van der Waals surface area contributed by atoms with Crippen LogP contribution < -0.4 is 16.4 Å². The minimum atomic E-state index is -4.71. The highest BCUT2D eigenvalue weighted by Gasteiger charge is 2.34. The maximum absolute atomic E-state index is 13.3. The Balaban J connectivity index is 1.65. The van der Waals surface area contributed by atoms with E-state index in [9.17, 15) is 22.4 Å². The van der Waals surface area contributed by atoms with Gasteiger partial charge in [0.15, 0.2) is 0 Å². The SMILES string of the molecule is C=C(N)c1cncc(NC(=O)CC(C)CCCCNCc2ccc(F)c(C(F)(F)F)c2)c1. The number of aromatic nitrogens is 1. The largest absolute Gasteiger partial charge is 0.419 e. The molecule has 32 heavy (non-hydrogen) atoms. The van der Waals surface area contributed by atoms with Crippen molar-refractivity contribution in [3.63, 3.8) is 0 Å². The molecule has 0 spiro atoms. The molecule has 174 valence electrons. The van der Waals surface area contributed by atoms with Gasteiger partial charge in [-0.1, -0.05) is 32.4 Å². The van der Waals surface area contributed by atoms with Crippen LogP contribution in [-0.2, 0) is 17.5 Å². The summed E-state index contributed by atoms with van der Waals surface area (Å²) in [5.74, 6) is -1.22. The molecule has 4 N–H and O–H groups in total. The van der Waals surface area contributed by atoms with E-state index in [1.165, 1.54) is 6.07 Å². The van der Waals surface area contributed by atoms with Crippen molar-refractivity contribution < 1.29 is 22.4 Å². The van der Waals surface area contributed by atoms with E-state index in [0.29, 0.717) is 35.5 Å². The summed E-state index contributed by atoms with van der Waals surface area (Å²) < 4.78 is 51.6. The predicted octanol–water partition coefficient (Wildman–Crippen LogP) is 5.09. The molecule has 0 saturated heterocycles. The number of carbonyl (C=O) groups excluding carboxylic acids is 1. The van der Waals surface area contributed by atoms with E-state index in [1.807, 2.05) is 6.92 Å². The van der Waals surface area contributed by atoms with Crippen LogP contribution in [0.5, 0.6) is 0 Å². The highest BCUT2D eigenvalue weighted by molar-refractivity contribution is 5.91. The number of halogens is 4. The highest BCUT2D eigenvalue weighted by atomic mass is 19.4. The third-order valence-electron chi connectivity index (χ3n) is 4.89. The standard InChI is InChI=1S/C23H28F4N4O/c1-15(9-22(32)31-19-11-18(16(2)28)13-30-14-19)5-3-4-8-29-12-17-6-7-21(24)20(10-17)23(25,26)27/h6-7,10-11,13-15,29H,2-5,8-9,12,28H2,1H3,(H,31,32). The zero-order valence-electron chi connectivity index (χ0n) is 17.9. The minimum Gasteiger partial charge on any atom is -0.399 e. The second kappa shape index (κ2) is 11.6. The molecule has 5 nitrogen and oxygen atoms in total.